The van der Waals surface area contributed by atoms with E-state index in [1.807, 2.05) is 0 Å². The Morgan fingerprint density at radius 2 is 2.23 bits per heavy atom. The van der Waals surface area contributed by atoms with Crippen molar-refractivity contribution in [3.05, 3.63) is 0 Å². The fourth-order valence-corrected chi connectivity index (χ4v) is 2.31. The molecule has 1 fully saturated rings. The lowest BCUT2D eigenvalue weighted by Crippen LogP contribution is -2.41. The second-order valence-electron chi connectivity index (χ2n) is 4.50. The third kappa shape index (κ3) is 3.65. The molecular weight excluding hydrogens is 160 g/mol. The van der Waals surface area contributed by atoms with E-state index in [0.29, 0.717) is 6.04 Å². The summed E-state index contributed by atoms with van der Waals surface area (Å²) < 4.78 is 0. The molecule has 2 nitrogen and oxygen atoms in total. The molecule has 0 radical (unpaired) electrons. The molecule has 13 heavy (non-hydrogen) atoms. The molecule has 0 heterocycles. The Bertz CT molecular complexity index is 134. The van der Waals surface area contributed by atoms with Gasteiger partial charge in [-0.15, -0.1) is 0 Å². The highest BCUT2D eigenvalue weighted by Crippen LogP contribution is 2.25. The fourth-order valence-electron chi connectivity index (χ4n) is 2.31. The van der Waals surface area contributed by atoms with Crippen molar-refractivity contribution >= 4 is 0 Å². The average Bonchev–Trinajstić information content (AvgIpc) is 2.50. The molecule has 1 aliphatic rings. The minimum Gasteiger partial charge on any atom is -0.329 e. The van der Waals surface area contributed by atoms with Crippen LogP contribution in [0.15, 0.2) is 0 Å². The summed E-state index contributed by atoms with van der Waals surface area (Å²) in [7, 11) is 0. The van der Waals surface area contributed by atoms with Crippen LogP contribution in [0.5, 0.6) is 0 Å². The van der Waals surface area contributed by atoms with Crippen molar-refractivity contribution in [3.63, 3.8) is 0 Å². The molecule has 3 unspecified atom stereocenters. The van der Waals surface area contributed by atoms with E-state index >= 15 is 0 Å². The van der Waals surface area contributed by atoms with Crippen molar-refractivity contribution in [2.75, 3.05) is 6.54 Å². The predicted molar refractivity (Wildman–Crippen MR) is 57.7 cm³/mol. The summed E-state index contributed by atoms with van der Waals surface area (Å²) >= 11 is 0. The number of hydrogen-bond donors (Lipinski definition) is 2. The lowest BCUT2D eigenvalue weighted by molar-refractivity contribution is 0.405. The largest absolute Gasteiger partial charge is 0.329 e. The summed E-state index contributed by atoms with van der Waals surface area (Å²) in [6, 6.07) is 1.30. The molecule has 1 aliphatic carbocycles. The zero-order valence-electron chi connectivity index (χ0n) is 9.05. The lowest BCUT2D eigenvalue weighted by Gasteiger charge is -2.21. The predicted octanol–water partition coefficient (Wildman–Crippen LogP) is 1.89. The van der Waals surface area contributed by atoms with Crippen molar-refractivity contribution < 1.29 is 0 Å². The molecule has 0 bridgehead atoms. The fraction of sp³-hybridized carbons (Fsp3) is 1.00. The number of nitrogens with one attached hydrogen (secondary N) is 1. The Hall–Kier alpha value is -0.0800. The molecule has 2 heteroatoms. The first-order valence-corrected chi connectivity index (χ1v) is 5.72. The van der Waals surface area contributed by atoms with Gasteiger partial charge in [0.1, 0.15) is 0 Å². The monoisotopic (exact) mass is 184 g/mol. The molecule has 0 aromatic carbocycles. The normalized spacial score (nSPS) is 30.7. The van der Waals surface area contributed by atoms with E-state index in [1.165, 1.54) is 32.1 Å². The zero-order chi connectivity index (χ0) is 9.68. The first-order chi connectivity index (χ1) is 6.26. The van der Waals surface area contributed by atoms with Crippen LogP contribution in [0.2, 0.25) is 0 Å². The van der Waals surface area contributed by atoms with Crippen LogP contribution in [0.3, 0.4) is 0 Å². The summed E-state index contributed by atoms with van der Waals surface area (Å²) in [6.07, 6.45) is 6.54. The van der Waals surface area contributed by atoms with Crippen LogP contribution in [-0.2, 0) is 0 Å². The Kier molecular flexibility index (Phi) is 4.74. The summed E-state index contributed by atoms with van der Waals surface area (Å²) in [5.41, 5.74) is 5.71. The van der Waals surface area contributed by atoms with Gasteiger partial charge >= 0.3 is 0 Å². The van der Waals surface area contributed by atoms with Crippen molar-refractivity contribution in [2.45, 2.75) is 58.0 Å². The van der Waals surface area contributed by atoms with Gasteiger partial charge in [0.25, 0.3) is 0 Å². The van der Waals surface area contributed by atoms with E-state index in [4.69, 9.17) is 5.73 Å². The van der Waals surface area contributed by atoms with E-state index in [9.17, 15) is 0 Å². The second kappa shape index (κ2) is 5.61. The second-order valence-corrected chi connectivity index (χ2v) is 4.50. The molecule has 0 aromatic heterocycles. The molecule has 3 atom stereocenters. The molecule has 1 rings (SSSR count). The van der Waals surface area contributed by atoms with Gasteiger partial charge in [0.2, 0.25) is 0 Å². The molecule has 0 aliphatic heterocycles. The van der Waals surface area contributed by atoms with Gasteiger partial charge in [-0.05, 0) is 31.6 Å². The van der Waals surface area contributed by atoms with Gasteiger partial charge in [0.05, 0.1) is 0 Å². The van der Waals surface area contributed by atoms with Crippen molar-refractivity contribution in [1.82, 2.24) is 5.32 Å². The van der Waals surface area contributed by atoms with Gasteiger partial charge < -0.3 is 11.1 Å². The van der Waals surface area contributed by atoms with Crippen LogP contribution in [-0.4, -0.2) is 18.6 Å². The van der Waals surface area contributed by atoms with E-state index < -0.39 is 0 Å². The minimum absolute atomic E-state index is 0.556. The Balaban J connectivity index is 2.21. The Labute approximate surface area is 82.3 Å². The maximum Gasteiger partial charge on any atom is 0.0192 e. The first kappa shape index (κ1) is 11.0. The SMILES string of the molecule is CCCC(CN)NC1CCC(C)C1. The van der Waals surface area contributed by atoms with Crippen LogP contribution in [0.4, 0.5) is 0 Å². The summed E-state index contributed by atoms with van der Waals surface area (Å²) in [6.45, 7) is 5.36. The molecular formula is C11H24N2. The van der Waals surface area contributed by atoms with E-state index in [2.05, 4.69) is 19.2 Å². The molecule has 0 spiro atoms. The van der Waals surface area contributed by atoms with Gasteiger partial charge in [0, 0.05) is 18.6 Å². The highest BCUT2D eigenvalue weighted by atomic mass is 15.0. The number of rotatable bonds is 5. The van der Waals surface area contributed by atoms with Gasteiger partial charge in [0.15, 0.2) is 0 Å². The van der Waals surface area contributed by atoms with Crippen molar-refractivity contribution in [2.24, 2.45) is 11.7 Å². The standard InChI is InChI=1S/C11H24N2/c1-3-4-11(8-12)13-10-6-5-9(2)7-10/h9-11,13H,3-8,12H2,1-2H3. The van der Waals surface area contributed by atoms with Gasteiger partial charge in [-0.2, -0.15) is 0 Å². The maximum atomic E-state index is 5.71. The van der Waals surface area contributed by atoms with Gasteiger partial charge in [-0.1, -0.05) is 20.3 Å². The third-order valence-electron chi connectivity index (χ3n) is 3.09. The molecule has 0 saturated heterocycles. The Morgan fingerprint density at radius 1 is 1.46 bits per heavy atom. The van der Waals surface area contributed by atoms with Crippen molar-refractivity contribution in [1.29, 1.82) is 0 Å². The highest BCUT2D eigenvalue weighted by molar-refractivity contribution is 4.81. The maximum absolute atomic E-state index is 5.71. The van der Waals surface area contributed by atoms with Crippen molar-refractivity contribution in [3.8, 4) is 0 Å². The molecule has 0 aromatic rings. The number of hydrogen-bond acceptors (Lipinski definition) is 2. The summed E-state index contributed by atoms with van der Waals surface area (Å²) in [5, 5.41) is 3.67. The van der Waals surface area contributed by atoms with E-state index in [-0.39, 0.29) is 0 Å². The smallest absolute Gasteiger partial charge is 0.0192 e. The first-order valence-electron chi connectivity index (χ1n) is 5.72. The zero-order valence-corrected chi connectivity index (χ0v) is 9.05. The highest BCUT2D eigenvalue weighted by Gasteiger charge is 2.22. The number of nitrogens with two attached hydrogens (primary N) is 1. The van der Waals surface area contributed by atoms with Crippen LogP contribution < -0.4 is 11.1 Å². The minimum atomic E-state index is 0.556. The Morgan fingerprint density at radius 3 is 2.69 bits per heavy atom. The van der Waals surface area contributed by atoms with Gasteiger partial charge in [-0.25, -0.2) is 0 Å². The average molecular weight is 184 g/mol. The lowest BCUT2D eigenvalue weighted by atomic mass is 10.1. The molecule has 3 N–H and O–H groups in total. The summed E-state index contributed by atoms with van der Waals surface area (Å²) in [4.78, 5) is 0. The van der Waals surface area contributed by atoms with Crippen LogP contribution in [0.25, 0.3) is 0 Å². The quantitative estimate of drug-likeness (QED) is 0.685. The topological polar surface area (TPSA) is 38.0 Å². The summed E-state index contributed by atoms with van der Waals surface area (Å²) in [5.74, 6) is 0.914. The van der Waals surface area contributed by atoms with Crippen LogP contribution in [0.1, 0.15) is 46.0 Å². The molecule has 1 saturated carbocycles. The van der Waals surface area contributed by atoms with Crippen LogP contribution in [0, 0.1) is 5.92 Å². The molecule has 78 valence electrons. The van der Waals surface area contributed by atoms with Crippen LogP contribution >= 0.6 is 0 Å². The molecule has 0 amide bonds. The van der Waals surface area contributed by atoms with E-state index in [0.717, 1.165) is 18.5 Å². The van der Waals surface area contributed by atoms with Gasteiger partial charge in [-0.3, -0.25) is 0 Å². The van der Waals surface area contributed by atoms with E-state index in [1.54, 1.807) is 0 Å². The third-order valence-corrected chi connectivity index (χ3v) is 3.09.